The zero-order chi connectivity index (χ0) is 12.8. The average Bonchev–Trinajstić information content (AvgIpc) is 2.64. The highest BCUT2D eigenvalue weighted by molar-refractivity contribution is 5.76. The van der Waals surface area contributed by atoms with Crippen LogP contribution in [0.4, 0.5) is 5.82 Å². The van der Waals surface area contributed by atoms with Crippen LogP contribution in [0.5, 0.6) is 0 Å². The second-order valence-electron chi connectivity index (χ2n) is 4.03. The molecule has 0 aliphatic rings. The second-order valence-corrected chi connectivity index (χ2v) is 4.03. The Morgan fingerprint density at radius 2 is 2.41 bits per heavy atom. The van der Waals surface area contributed by atoms with E-state index in [1.807, 2.05) is 19.9 Å². The molecule has 0 aliphatic carbocycles. The van der Waals surface area contributed by atoms with Gasteiger partial charge in [-0.2, -0.15) is 10.4 Å². The van der Waals surface area contributed by atoms with Crippen LogP contribution in [0.25, 0.3) is 0 Å². The van der Waals surface area contributed by atoms with Crippen molar-refractivity contribution in [2.45, 2.75) is 32.9 Å². The van der Waals surface area contributed by atoms with E-state index < -0.39 is 0 Å². The summed E-state index contributed by atoms with van der Waals surface area (Å²) in [5.41, 5.74) is 5.47. The standard InChI is InChI=1S/C11H17N5O/c1-9(2)16(6-3-5-12)11(17)8-15-7-4-10(13)14-15/h4,7,9H,3,6,8H2,1-2H3,(H2,13,14). The quantitative estimate of drug-likeness (QED) is 0.810. The molecule has 0 bridgehead atoms. The third kappa shape index (κ3) is 3.79. The molecular formula is C11H17N5O. The van der Waals surface area contributed by atoms with E-state index in [0.717, 1.165) is 0 Å². The van der Waals surface area contributed by atoms with Crippen molar-refractivity contribution in [1.29, 1.82) is 5.26 Å². The molecular weight excluding hydrogens is 218 g/mol. The Balaban J connectivity index is 2.62. The van der Waals surface area contributed by atoms with Crippen LogP contribution in [-0.4, -0.2) is 33.2 Å². The van der Waals surface area contributed by atoms with Crippen molar-refractivity contribution in [2.75, 3.05) is 12.3 Å². The van der Waals surface area contributed by atoms with Gasteiger partial charge in [-0.15, -0.1) is 0 Å². The summed E-state index contributed by atoms with van der Waals surface area (Å²) in [6.07, 6.45) is 2.00. The molecule has 1 heterocycles. The van der Waals surface area contributed by atoms with Crippen LogP contribution in [0.2, 0.25) is 0 Å². The SMILES string of the molecule is CC(C)N(CCC#N)C(=O)Cn1ccc(N)n1. The van der Waals surface area contributed by atoms with Gasteiger partial charge in [-0.25, -0.2) is 0 Å². The maximum atomic E-state index is 12.0. The van der Waals surface area contributed by atoms with E-state index in [-0.39, 0.29) is 18.5 Å². The number of nitrogen functional groups attached to an aromatic ring is 1. The fraction of sp³-hybridized carbons (Fsp3) is 0.545. The van der Waals surface area contributed by atoms with Crippen molar-refractivity contribution in [3.63, 3.8) is 0 Å². The first-order valence-corrected chi connectivity index (χ1v) is 5.50. The number of aromatic nitrogens is 2. The molecule has 0 unspecified atom stereocenters. The van der Waals surface area contributed by atoms with Crippen LogP contribution in [0.1, 0.15) is 20.3 Å². The Hall–Kier alpha value is -2.03. The lowest BCUT2D eigenvalue weighted by molar-refractivity contribution is -0.133. The molecule has 92 valence electrons. The van der Waals surface area contributed by atoms with E-state index in [1.54, 1.807) is 17.2 Å². The summed E-state index contributed by atoms with van der Waals surface area (Å²) in [5, 5.41) is 12.5. The first-order chi connectivity index (χ1) is 8.04. The van der Waals surface area contributed by atoms with E-state index in [4.69, 9.17) is 11.0 Å². The number of carbonyl (C=O) groups is 1. The summed E-state index contributed by atoms with van der Waals surface area (Å²) in [7, 11) is 0. The van der Waals surface area contributed by atoms with Crippen molar-refractivity contribution in [2.24, 2.45) is 0 Å². The van der Waals surface area contributed by atoms with E-state index in [0.29, 0.717) is 18.8 Å². The fourth-order valence-electron chi connectivity index (χ4n) is 1.54. The van der Waals surface area contributed by atoms with Gasteiger partial charge in [-0.3, -0.25) is 9.48 Å². The Bertz CT molecular complexity index is 418. The Morgan fingerprint density at radius 3 is 2.88 bits per heavy atom. The maximum Gasteiger partial charge on any atom is 0.244 e. The molecule has 0 saturated heterocycles. The zero-order valence-electron chi connectivity index (χ0n) is 10.1. The lowest BCUT2D eigenvalue weighted by Crippen LogP contribution is -2.39. The molecule has 0 saturated carbocycles. The number of anilines is 1. The number of rotatable bonds is 5. The van der Waals surface area contributed by atoms with Crippen LogP contribution in [-0.2, 0) is 11.3 Å². The minimum atomic E-state index is -0.0571. The number of amides is 1. The predicted octanol–water partition coefficient (Wildman–Crippen LogP) is 0.616. The number of hydrogen-bond donors (Lipinski definition) is 1. The third-order valence-corrected chi connectivity index (χ3v) is 2.37. The van der Waals surface area contributed by atoms with Gasteiger partial charge < -0.3 is 10.6 Å². The van der Waals surface area contributed by atoms with E-state index in [9.17, 15) is 4.79 Å². The molecule has 0 atom stereocenters. The normalized spacial score (nSPS) is 10.2. The van der Waals surface area contributed by atoms with Gasteiger partial charge in [-0.1, -0.05) is 0 Å². The molecule has 6 heteroatoms. The number of nitriles is 1. The lowest BCUT2D eigenvalue weighted by Gasteiger charge is -2.25. The summed E-state index contributed by atoms with van der Waals surface area (Å²) in [6, 6.07) is 3.75. The predicted molar refractivity (Wildman–Crippen MR) is 63.7 cm³/mol. The lowest BCUT2D eigenvalue weighted by atomic mass is 10.3. The highest BCUT2D eigenvalue weighted by Gasteiger charge is 2.17. The molecule has 17 heavy (non-hydrogen) atoms. The minimum absolute atomic E-state index is 0.0571. The van der Waals surface area contributed by atoms with Gasteiger partial charge in [0, 0.05) is 18.8 Å². The van der Waals surface area contributed by atoms with Crippen molar-refractivity contribution in [3.05, 3.63) is 12.3 Å². The largest absolute Gasteiger partial charge is 0.382 e. The van der Waals surface area contributed by atoms with Crippen LogP contribution in [0, 0.1) is 11.3 Å². The van der Waals surface area contributed by atoms with Crippen molar-refractivity contribution < 1.29 is 4.79 Å². The topological polar surface area (TPSA) is 87.9 Å². The summed E-state index contributed by atoms with van der Waals surface area (Å²) < 4.78 is 1.50. The first kappa shape index (κ1) is 13.0. The Morgan fingerprint density at radius 1 is 1.71 bits per heavy atom. The van der Waals surface area contributed by atoms with Crippen molar-refractivity contribution in [3.8, 4) is 6.07 Å². The smallest absolute Gasteiger partial charge is 0.244 e. The van der Waals surface area contributed by atoms with Gasteiger partial charge in [0.1, 0.15) is 12.4 Å². The van der Waals surface area contributed by atoms with Gasteiger partial charge in [0.2, 0.25) is 5.91 Å². The van der Waals surface area contributed by atoms with Crippen LogP contribution in [0.15, 0.2) is 12.3 Å². The summed E-state index contributed by atoms with van der Waals surface area (Å²) >= 11 is 0. The van der Waals surface area contributed by atoms with Crippen molar-refractivity contribution >= 4 is 11.7 Å². The molecule has 6 nitrogen and oxygen atoms in total. The molecule has 1 aromatic heterocycles. The number of carbonyl (C=O) groups excluding carboxylic acids is 1. The highest BCUT2D eigenvalue weighted by atomic mass is 16.2. The summed E-state index contributed by atoms with van der Waals surface area (Å²) in [5.74, 6) is 0.337. The second kappa shape index (κ2) is 5.89. The molecule has 1 rings (SSSR count). The zero-order valence-corrected chi connectivity index (χ0v) is 10.1. The molecule has 1 aromatic rings. The maximum absolute atomic E-state index is 12.0. The molecule has 0 spiro atoms. The summed E-state index contributed by atoms with van der Waals surface area (Å²) in [6.45, 7) is 4.45. The molecule has 1 amide bonds. The van der Waals surface area contributed by atoms with Gasteiger partial charge in [0.05, 0.1) is 12.5 Å². The Labute approximate surface area is 101 Å². The number of nitrogens with two attached hydrogens (primary N) is 1. The van der Waals surface area contributed by atoms with Gasteiger partial charge >= 0.3 is 0 Å². The van der Waals surface area contributed by atoms with Crippen LogP contribution in [0.3, 0.4) is 0 Å². The number of nitrogens with zero attached hydrogens (tertiary/aromatic N) is 4. The van der Waals surface area contributed by atoms with Gasteiger partial charge in [0.25, 0.3) is 0 Å². The first-order valence-electron chi connectivity index (χ1n) is 5.50. The molecule has 0 aromatic carbocycles. The average molecular weight is 235 g/mol. The molecule has 2 N–H and O–H groups in total. The molecule has 0 fully saturated rings. The molecule has 0 aliphatic heterocycles. The summed E-state index contributed by atoms with van der Waals surface area (Å²) in [4.78, 5) is 13.7. The van der Waals surface area contributed by atoms with Crippen LogP contribution >= 0.6 is 0 Å². The molecule has 0 radical (unpaired) electrons. The fourth-order valence-corrected chi connectivity index (χ4v) is 1.54. The van der Waals surface area contributed by atoms with Gasteiger partial charge in [0.15, 0.2) is 0 Å². The van der Waals surface area contributed by atoms with E-state index >= 15 is 0 Å². The number of hydrogen-bond acceptors (Lipinski definition) is 4. The van der Waals surface area contributed by atoms with Crippen LogP contribution < -0.4 is 5.73 Å². The minimum Gasteiger partial charge on any atom is -0.382 e. The van der Waals surface area contributed by atoms with Crippen molar-refractivity contribution in [1.82, 2.24) is 14.7 Å². The monoisotopic (exact) mass is 235 g/mol. The Kier molecular flexibility index (Phi) is 4.52. The third-order valence-electron chi connectivity index (χ3n) is 2.37. The van der Waals surface area contributed by atoms with E-state index in [2.05, 4.69) is 5.10 Å². The van der Waals surface area contributed by atoms with E-state index in [1.165, 1.54) is 4.68 Å². The van der Waals surface area contributed by atoms with Gasteiger partial charge in [-0.05, 0) is 19.9 Å². The highest BCUT2D eigenvalue weighted by Crippen LogP contribution is 2.03.